The first kappa shape index (κ1) is 14.7. The van der Waals surface area contributed by atoms with Gasteiger partial charge in [-0.2, -0.15) is 0 Å². The number of nitrogens with one attached hydrogen (secondary N) is 1. The summed E-state index contributed by atoms with van der Waals surface area (Å²) >= 11 is 0. The summed E-state index contributed by atoms with van der Waals surface area (Å²) in [7, 11) is 1.96. The van der Waals surface area contributed by atoms with Gasteiger partial charge in [0, 0.05) is 24.7 Å². The van der Waals surface area contributed by atoms with E-state index in [-0.39, 0.29) is 17.3 Å². The SMILES string of the molecule is CNC1(C)CCN(C(=O)/C=C/c2ccc(F)cc2)CC1. The molecule has 0 spiro atoms. The van der Waals surface area contributed by atoms with Crippen molar-refractivity contribution in [2.75, 3.05) is 20.1 Å². The highest BCUT2D eigenvalue weighted by Crippen LogP contribution is 2.21. The number of rotatable bonds is 3. The number of amides is 1. The third kappa shape index (κ3) is 3.67. The predicted octanol–water partition coefficient (Wildman–Crippen LogP) is 2.44. The number of benzene rings is 1. The fourth-order valence-electron chi connectivity index (χ4n) is 2.32. The molecular weight excluding hydrogens is 255 g/mol. The van der Waals surface area contributed by atoms with Gasteiger partial charge in [-0.1, -0.05) is 12.1 Å². The maximum atomic E-state index is 12.8. The Morgan fingerprint density at radius 2 is 1.90 bits per heavy atom. The number of carbonyl (C=O) groups is 1. The molecule has 0 unspecified atom stereocenters. The Balaban J connectivity index is 1.91. The Hall–Kier alpha value is -1.68. The molecule has 20 heavy (non-hydrogen) atoms. The summed E-state index contributed by atoms with van der Waals surface area (Å²) in [6.45, 7) is 3.72. The van der Waals surface area contributed by atoms with Gasteiger partial charge in [0.25, 0.3) is 0 Å². The number of carbonyl (C=O) groups excluding carboxylic acids is 1. The molecule has 1 aliphatic rings. The first-order valence-electron chi connectivity index (χ1n) is 6.94. The molecule has 0 radical (unpaired) electrons. The molecule has 1 heterocycles. The van der Waals surface area contributed by atoms with Crippen LogP contribution in [0.2, 0.25) is 0 Å². The summed E-state index contributed by atoms with van der Waals surface area (Å²) in [6, 6.07) is 6.10. The van der Waals surface area contributed by atoms with E-state index in [4.69, 9.17) is 0 Å². The molecule has 2 rings (SSSR count). The zero-order chi connectivity index (χ0) is 14.6. The van der Waals surface area contributed by atoms with Crippen molar-refractivity contribution in [1.82, 2.24) is 10.2 Å². The fraction of sp³-hybridized carbons (Fsp3) is 0.438. The maximum absolute atomic E-state index is 12.8. The highest BCUT2D eigenvalue weighted by Gasteiger charge is 2.29. The Morgan fingerprint density at radius 3 is 2.45 bits per heavy atom. The number of halogens is 1. The average molecular weight is 276 g/mol. The Bertz CT molecular complexity index is 488. The van der Waals surface area contributed by atoms with Gasteiger partial charge in [-0.3, -0.25) is 4.79 Å². The van der Waals surface area contributed by atoms with Crippen LogP contribution in [0.15, 0.2) is 30.3 Å². The summed E-state index contributed by atoms with van der Waals surface area (Å²) in [5.41, 5.74) is 0.967. The lowest BCUT2D eigenvalue weighted by atomic mass is 9.90. The van der Waals surface area contributed by atoms with Crippen LogP contribution in [0.3, 0.4) is 0 Å². The van der Waals surface area contributed by atoms with Crippen molar-refractivity contribution in [1.29, 1.82) is 0 Å². The lowest BCUT2D eigenvalue weighted by Crippen LogP contribution is -2.51. The van der Waals surface area contributed by atoms with Gasteiger partial charge in [0.15, 0.2) is 0 Å². The zero-order valence-electron chi connectivity index (χ0n) is 12.0. The smallest absolute Gasteiger partial charge is 0.246 e. The van der Waals surface area contributed by atoms with Crippen LogP contribution in [0.1, 0.15) is 25.3 Å². The van der Waals surface area contributed by atoms with Crippen molar-refractivity contribution < 1.29 is 9.18 Å². The van der Waals surface area contributed by atoms with E-state index in [1.165, 1.54) is 12.1 Å². The van der Waals surface area contributed by atoms with Gasteiger partial charge in [0.1, 0.15) is 5.82 Å². The number of piperidine rings is 1. The molecule has 1 aromatic carbocycles. The minimum absolute atomic E-state index is 0.0208. The minimum Gasteiger partial charge on any atom is -0.339 e. The molecule has 1 aromatic rings. The van der Waals surface area contributed by atoms with Gasteiger partial charge >= 0.3 is 0 Å². The first-order chi connectivity index (χ1) is 9.52. The van der Waals surface area contributed by atoms with Crippen LogP contribution < -0.4 is 5.32 Å². The highest BCUT2D eigenvalue weighted by atomic mass is 19.1. The second-order valence-electron chi connectivity index (χ2n) is 5.52. The summed E-state index contributed by atoms with van der Waals surface area (Å²) < 4.78 is 12.8. The van der Waals surface area contributed by atoms with Gasteiger partial charge in [-0.15, -0.1) is 0 Å². The van der Waals surface area contributed by atoms with E-state index in [0.29, 0.717) is 0 Å². The maximum Gasteiger partial charge on any atom is 0.246 e. The van der Waals surface area contributed by atoms with E-state index < -0.39 is 0 Å². The average Bonchev–Trinajstić information content (AvgIpc) is 2.47. The number of hydrogen-bond donors (Lipinski definition) is 1. The lowest BCUT2D eigenvalue weighted by molar-refractivity contribution is -0.127. The molecule has 1 fully saturated rings. The first-order valence-corrected chi connectivity index (χ1v) is 6.94. The van der Waals surface area contributed by atoms with Gasteiger partial charge in [0.2, 0.25) is 5.91 Å². The molecule has 0 aromatic heterocycles. The van der Waals surface area contributed by atoms with Crippen molar-refractivity contribution in [3.63, 3.8) is 0 Å². The summed E-state index contributed by atoms with van der Waals surface area (Å²) in [5, 5.41) is 3.31. The molecular formula is C16H21FN2O. The van der Waals surface area contributed by atoms with E-state index in [1.807, 2.05) is 11.9 Å². The standard InChI is InChI=1S/C16H21FN2O/c1-16(18-2)9-11-19(12-10-16)15(20)8-5-13-3-6-14(17)7-4-13/h3-8,18H,9-12H2,1-2H3/b8-5+. The van der Waals surface area contributed by atoms with Crippen LogP contribution in [0.4, 0.5) is 4.39 Å². The Labute approximate surface area is 119 Å². The van der Waals surface area contributed by atoms with E-state index >= 15 is 0 Å². The molecule has 0 saturated carbocycles. The van der Waals surface area contributed by atoms with Crippen molar-refractivity contribution in [3.8, 4) is 0 Å². The van der Waals surface area contributed by atoms with Crippen LogP contribution >= 0.6 is 0 Å². The Morgan fingerprint density at radius 1 is 1.30 bits per heavy atom. The van der Waals surface area contributed by atoms with E-state index in [2.05, 4.69) is 12.2 Å². The normalized spacial score (nSPS) is 18.4. The molecule has 1 aliphatic heterocycles. The van der Waals surface area contributed by atoms with E-state index in [1.54, 1.807) is 24.3 Å². The molecule has 0 atom stereocenters. The van der Waals surface area contributed by atoms with Gasteiger partial charge in [-0.05, 0) is 50.6 Å². The number of nitrogens with zero attached hydrogens (tertiary/aromatic N) is 1. The molecule has 1 amide bonds. The minimum atomic E-state index is -0.268. The van der Waals surface area contributed by atoms with Crippen molar-refractivity contribution in [3.05, 3.63) is 41.7 Å². The van der Waals surface area contributed by atoms with Gasteiger partial charge in [-0.25, -0.2) is 4.39 Å². The summed E-state index contributed by atoms with van der Waals surface area (Å²) in [5.74, 6) is -0.247. The van der Waals surface area contributed by atoms with Crippen molar-refractivity contribution >= 4 is 12.0 Å². The quantitative estimate of drug-likeness (QED) is 0.860. The van der Waals surface area contributed by atoms with Crippen LogP contribution in [0.25, 0.3) is 6.08 Å². The Kier molecular flexibility index (Phi) is 4.55. The number of likely N-dealkylation sites (tertiary alicyclic amines) is 1. The molecule has 1 saturated heterocycles. The molecule has 0 bridgehead atoms. The molecule has 108 valence electrons. The second-order valence-corrected chi connectivity index (χ2v) is 5.52. The van der Waals surface area contributed by atoms with E-state index in [9.17, 15) is 9.18 Å². The van der Waals surface area contributed by atoms with Gasteiger partial charge in [0.05, 0.1) is 0 Å². The summed E-state index contributed by atoms with van der Waals surface area (Å²) in [6.07, 6.45) is 5.21. The van der Waals surface area contributed by atoms with Crippen LogP contribution in [-0.4, -0.2) is 36.5 Å². The van der Waals surface area contributed by atoms with E-state index in [0.717, 1.165) is 31.5 Å². The second kappa shape index (κ2) is 6.18. The highest BCUT2D eigenvalue weighted by molar-refractivity contribution is 5.91. The third-order valence-electron chi connectivity index (χ3n) is 4.07. The van der Waals surface area contributed by atoms with Crippen molar-refractivity contribution in [2.24, 2.45) is 0 Å². The zero-order valence-corrected chi connectivity index (χ0v) is 12.0. The van der Waals surface area contributed by atoms with Crippen molar-refractivity contribution in [2.45, 2.75) is 25.3 Å². The predicted molar refractivity (Wildman–Crippen MR) is 78.7 cm³/mol. The van der Waals surface area contributed by atoms with Gasteiger partial charge < -0.3 is 10.2 Å². The largest absolute Gasteiger partial charge is 0.339 e. The summed E-state index contributed by atoms with van der Waals surface area (Å²) in [4.78, 5) is 13.9. The molecule has 4 heteroatoms. The van der Waals surface area contributed by atoms with Crippen LogP contribution in [0, 0.1) is 5.82 Å². The fourth-order valence-corrected chi connectivity index (χ4v) is 2.32. The molecule has 0 aliphatic carbocycles. The lowest BCUT2D eigenvalue weighted by Gasteiger charge is -2.38. The number of hydrogen-bond acceptors (Lipinski definition) is 2. The molecule has 3 nitrogen and oxygen atoms in total. The monoisotopic (exact) mass is 276 g/mol. The topological polar surface area (TPSA) is 32.3 Å². The van der Waals surface area contributed by atoms with Crippen LogP contribution in [0.5, 0.6) is 0 Å². The van der Waals surface area contributed by atoms with Crippen LogP contribution in [-0.2, 0) is 4.79 Å². The third-order valence-corrected chi connectivity index (χ3v) is 4.07. The molecule has 1 N–H and O–H groups in total.